The lowest BCUT2D eigenvalue weighted by atomic mass is 10.00. The molecule has 0 spiro atoms. The minimum Gasteiger partial charge on any atom is -0.308 e. The Morgan fingerprint density at radius 3 is 1.52 bits per heavy atom. The first-order valence-electron chi connectivity index (χ1n) is 20.7. The Bertz CT molecular complexity index is 3490. The van der Waals surface area contributed by atoms with Crippen molar-refractivity contribution in [3.8, 4) is 62.1 Å². The molecule has 4 heterocycles. The van der Waals surface area contributed by atoms with Gasteiger partial charge in [0, 0.05) is 44.5 Å². The Labute approximate surface area is 352 Å². The number of nitrogens with zero attached hydrogens (tertiary/aromatic N) is 5. The average Bonchev–Trinajstić information content (AvgIpc) is 4.00. The van der Waals surface area contributed by atoms with E-state index in [9.17, 15) is 0 Å². The fourth-order valence-electron chi connectivity index (χ4n) is 9.12. The molecule has 5 nitrogen and oxygen atoms in total. The molecule has 0 aliphatic rings. The topological polar surface area (TPSA) is 40.6 Å². The lowest BCUT2D eigenvalue weighted by Crippen LogP contribution is -1.99. The molecule has 286 valence electrons. The molecule has 0 fully saturated rings. The SMILES string of the molecule is c1ccc(-c2cc(-c3ccccc3)nc(-c3cccc(-n4c5ccccc5c5ccc6c(c7c(nc(-c8ccccc8)n7-c7ccccc7)n6-c6ccccc6)c54)c3)c2)cc1. The van der Waals surface area contributed by atoms with Gasteiger partial charge in [-0.25, -0.2) is 9.97 Å². The van der Waals surface area contributed by atoms with Crippen molar-refractivity contribution >= 4 is 43.9 Å². The first kappa shape index (κ1) is 34.7. The zero-order valence-electron chi connectivity index (χ0n) is 33.1. The molecule has 0 radical (unpaired) electrons. The predicted molar refractivity (Wildman–Crippen MR) is 252 cm³/mol. The zero-order chi connectivity index (χ0) is 40.3. The Kier molecular flexibility index (Phi) is 8.10. The van der Waals surface area contributed by atoms with Gasteiger partial charge in [-0.15, -0.1) is 0 Å². The minimum atomic E-state index is 0.892. The Morgan fingerprint density at radius 1 is 0.295 bits per heavy atom. The molecule has 0 saturated carbocycles. The number of pyridine rings is 1. The average molecular weight is 780 g/mol. The summed E-state index contributed by atoms with van der Waals surface area (Å²) in [6, 6.07) is 79.5. The predicted octanol–water partition coefficient (Wildman–Crippen LogP) is 14.1. The molecule has 0 aliphatic heterocycles. The molecule has 12 aromatic rings. The third-order valence-electron chi connectivity index (χ3n) is 11.8. The number of para-hydroxylation sites is 3. The summed E-state index contributed by atoms with van der Waals surface area (Å²) in [5.41, 5.74) is 15.8. The van der Waals surface area contributed by atoms with Crippen molar-refractivity contribution in [2.45, 2.75) is 0 Å². The number of aromatic nitrogens is 5. The summed E-state index contributed by atoms with van der Waals surface area (Å²) >= 11 is 0. The first-order chi connectivity index (χ1) is 30.3. The first-order valence-corrected chi connectivity index (χ1v) is 20.7. The van der Waals surface area contributed by atoms with E-state index in [4.69, 9.17) is 9.97 Å². The molecule has 0 aliphatic carbocycles. The standard InChI is InChI=1S/C56H37N5/c1-6-19-38(20-7-1)42-36-48(39-21-8-2-9-22-39)57-49(37-42)41-25-18-30-45(35-41)59-50-32-17-16-31-46(50)47-33-34-51-52(53(47)59)54-56(60(51)43-26-12-4-13-27-43)58-55(40-23-10-3-11-24-40)61(54)44-28-14-5-15-29-44/h1-37H. The number of rotatable bonds is 7. The maximum Gasteiger partial charge on any atom is 0.165 e. The van der Waals surface area contributed by atoms with Crippen LogP contribution in [0.2, 0.25) is 0 Å². The van der Waals surface area contributed by atoms with Crippen LogP contribution in [0.4, 0.5) is 0 Å². The summed E-state index contributed by atoms with van der Waals surface area (Å²) in [5.74, 6) is 0.892. The van der Waals surface area contributed by atoms with Gasteiger partial charge in [0.15, 0.2) is 5.65 Å². The van der Waals surface area contributed by atoms with Gasteiger partial charge in [0.05, 0.1) is 33.3 Å². The van der Waals surface area contributed by atoms with Crippen LogP contribution in [0.5, 0.6) is 0 Å². The maximum atomic E-state index is 5.56. The molecule has 4 aromatic heterocycles. The van der Waals surface area contributed by atoms with E-state index in [0.29, 0.717) is 0 Å². The number of benzene rings is 8. The molecule has 0 bridgehead atoms. The highest BCUT2D eigenvalue weighted by molar-refractivity contribution is 6.25. The summed E-state index contributed by atoms with van der Waals surface area (Å²) < 4.78 is 7.14. The molecule has 0 N–H and O–H groups in total. The third kappa shape index (κ3) is 5.70. The van der Waals surface area contributed by atoms with E-state index < -0.39 is 0 Å². The lowest BCUT2D eigenvalue weighted by molar-refractivity contribution is 1.10. The molecule has 0 saturated heterocycles. The summed E-state index contributed by atoms with van der Waals surface area (Å²) in [6.45, 7) is 0. The normalized spacial score (nSPS) is 11.6. The van der Waals surface area contributed by atoms with E-state index in [2.05, 4.69) is 238 Å². The molecule has 0 atom stereocenters. The molecule has 0 unspecified atom stereocenters. The van der Waals surface area contributed by atoms with Crippen LogP contribution in [-0.2, 0) is 0 Å². The highest BCUT2D eigenvalue weighted by Gasteiger charge is 2.27. The Hall–Kier alpha value is -8.28. The quantitative estimate of drug-likeness (QED) is 0.162. The van der Waals surface area contributed by atoms with E-state index in [-0.39, 0.29) is 0 Å². The van der Waals surface area contributed by atoms with E-state index >= 15 is 0 Å². The summed E-state index contributed by atoms with van der Waals surface area (Å²) in [7, 11) is 0. The van der Waals surface area contributed by atoms with Crippen molar-refractivity contribution in [1.82, 2.24) is 23.7 Å². The van der Waals surface area contributed by atoms with Crippen LogP contribution in [0.15, 0.2) is 224 Å². The molecule has 61 heavy (non-hydrogen) atoms. The molecule has 0 amide bonds. The van der Waals surface area contributed by atoms with E-state index in [1.165, 1.54) is 10.8 Å². The molecular formula is C56H37N5. The second kappa shape index (κ2) is 14.2. The van der Waals surface area contributed by atoms with Crippen LogP contribution < -0.4 is 0 Å². The monoisotopic (exact) mass is 779 g/mol. The second-order valence-corrected chi connectivity index (χ2v) is 15.4. The number of imidazole rings is 1. The summed E-state index contributed by atoms with van der Waals surface area (Å²) in [5, 5.41) is 3.50. The van der Waals surface area contributed by atoms with Crippen molar-refractivity contribution in [3.63, 3.8) is 0 Å². The van der Waals surface area contributed by atoms with Crippen LogP contribution >= 0.6 is 0 Å². The van der Waals surface area contributed by atoms with Crippen molar-refractivity contribution in [2.24, 2.45) is 0 Å². The van der Waals surface area contributed by atoms with Crippen LogP contribution in [0.3, 0.4) is 0 Å². The van der Waals surface area contributed by atoms with Crippen molar-refractivity contribution in [1.29, 1.82) is 0 Å². The summed E-state index contributed by atoms with van der Waals surface area (Å²) in [6.07, 6.45) is 0. The van der Waals surface area contributed by atoms with Crippen LogP contribution in [0, 0.1) is 0 Å². The highest BCUT2D eigenvalue weighted by Crippen LogP contribution is 2.44. The zero-order valence-corrected chi connectivity index (χ0v) is 33.1. The van der Waals surface area contributed by atoms with E-state index in [0.717, 1.165) is 95.2 Å². The Morgan fingerprint density at radius 2 is 0.836 bits per heavy atom. The smallest absolute Gasteiger partial charge is 0.165 e. The van der Waals surface area contributed by atoms with Gasteiger partial charge in [0.1, 0.15) is 11.3 Å². The fraction of sp³-hybridized carbons (Fsp3) is 0. The lowest BCUT2D eigenvalue weighted by Gasteiger charge is -2.14. The maximum absolute atomic E-state index is 5.56. The van der Waals surface area contributed by atoms with Gasteiger partial charge in [0.2, 0.25) is 0 Å². The van der Waals surface area contributed by atoms with Crippen molar-refractivity contribution in [3.05, 3.63) is 224 Å². The molecular weight excluding hydrogens is 743 g/mol. The molecule has 5 heteroatoms. The van der Waals surface area contributed by atoms with Crippen molar-refractivity contribution < 1.29 is 0 Å². The van der Waals surface area contributed by atoms with Crippen LogP contribution in [0.25, 0.3) is 106 Å². The summed E-state index contributed by atoms with van der Waals surface area (Å²) in [4.78, 5) is 10.9. The minimum absolute atomic E-state index is 0.892. The van der Waals surface area contributed by atoms with Gasteiger partial charge < -0.3 is 4.57 Å². The van der Waals surface area contributed by atoms with Crippen LogP contribution in [0.1, 0.15) is 0 Å². The number of hydrogen-bond donors (Lipinski definition) is 0. The van der Waals surface area contributed by atoms with Gasteiger partial charge in [0.25, 0.3) is 0 Å². The third-order valence-corrected chi connectivity index (χ3v) is 11.8. The highest BCUT2D eigenvalue weighted by atomic mass is 15.2. The van der Waals surface area contributed by atoms with Crippen molar-refractivity contribution in [2.75, 3.05) is 0 Å². The van der Waals surface area contributed by atoms with Gasteiger partial charge >= 0.3 is 0 Å². The number of hydrogen-bond acceptors (Lipinski definition) is 2. The van der Waals surface area contributed by atoms with Gasteiger partial charge in [-0.3, -0.25) is 9.13 Å². The fourth-order valence-corrected chi connectivity index (χ4v) is 9.12. The van der Waals surface area contributed by atoms with Gasteiger partial charge in [-0.2, -0.15) is 0 Å². The second-order valence-electron chi connectivity index (χ2n) is 15.4. The molecule has 12 rings (SSSR count). The van der Waals surface area contributed by atoms with Crippen LogP contribution in [-0.4, -0.2) is 23.7 Å². The Balaban J connectivity index is 1.19. The van der Waals surface area contributed by atoms with E-state index in [1.807, 2.05) is 0 Å². The molecule has 8 aromatic carbocycles. The van der Waals surface area contributed by atoms with E-state index in [1.54, 1.807) is 0 Å². The largest absolute Gasteiger partial charge is 0.308 e. The van der Waals surface area contributed by atoms with Gasteiger partial charge in [-0.05, 0) is 71.8 Å². The van der Waals surface area contributed by atoms with Gasteiger partial charge in [-0.1, -0.05) is 164 Å². The number of fused-ring (bicyclic) bond motifs is 7.